The van der Waals surface area contributed by atoms with Crippen LogP contribution in [-0.2, 0) is 17.3 Å². The number of hydrogen-bond donors (Lipinski definition) is 2. The van der Waals surface area contributed by atoms with Gasteiger partial charge in [-0.1, -0.05) is 11.6 Å². The summed E-state index contributed by atoms with van der Waals surface area (Å²) < 4.78 is 57.8. The third kappa shape index (κ3) is 3.91. The molecule has 1 saturated heterocycles. The van der Waals surface area contributed by atoms with Gasteiger partial charge in [-0.3, -0.25) is 9.52 Å². The van der Waals surface area contributed by atoms with E-state index in [0.29, 0.717) is 22.2 Å². The number of aromatic nitrogens is 2. The maximum atomic E-state index is 14.6. The molecule has 0 atom stereocenters. The van der Waals surface area contributed by atoms with E-state index in [0.717, 1.165) is 10.4 Å². The van der Waals surface area contributed by atoms with Crippen molar-refractivity contribution in [3.8, 4) is 0 Å². The van der Waals surface area contributed by atoms with Crippen LogP contribution < -0.4 is 15.6 Å². The molecule has 0 radical (unpaired) electrons. The van der Waals surface area contributed by atoms with E-state index in [1.165, 1.54) is 23.9 Å². The summed E-state index contributed by atoms with van der Waals surface area (Å²) in [4.78, 5) is 16.7. The minimum Gasteiger partial charge on any atom is -0.352 e. The van der Waals surface area contributed by atoms with Crippen LogP contribution >= 0.6 is 11.6 Å². The molecular formula is C20H20ClF2N5O3S. The molecule has 170 valence electrons. The molecule has 0 unspecified atom stereocenters. The highest BCUT2D eigenvalue weighted by atomic mass is 35.5. The molecule has 1 aliphatic heterocycles. The van der Waals surface area contributed by atoms with E-state index in [-0.39, 0.29) is 35.0 Å². The van der Waals surface area contributed by atoms with Gasteiger partial charge in [-0.05, 0) is 43.7 Å². The predicted molar refractivity (Wildman–Crippen MR) is 120 cm³/mol. The summed E-state index contributed by atoms with van der Waals surface area (Å²) in [6.07, 6.45) is 1.41. The maximum absolute atomic E-state index is 14.6. The second kappa shape index (κ2) is 7.68. The number of anilines is 3. The number of nitrogens with zero attached hydrogens (tertiary/aromatic N) is 3. The topological polar surface area (TPSA) is 96.3 Å². The molecule has 8 nitrogen and oxygen atoms in total. The molecule has 4 rings (SSSR count). The first kappa shape index (κ1) is 22.4. The van der Waals surface area contributed by atoms with E-state index >= 15 is 0 Å². The molecule has 0 saturated carbocycles. The average Bonchev–Trinajstić information content (AvgIpc) is 2.69. The van der Waals surface area contributed by atoms with Crippen LogP contribution in [-0.4, -0.2) is 41.0 Å². The van der Waals surface area contributed by atoms with Gasteiger partial charge in [0, 0.05) is 12.7 Å². The smallest absolute Gasteiger partial charge is 0.301 e. The standard InChI is InChI=1S/C20H20ClF2N5O3S/c1-11-13(6-7-14-16(11)19(29)27(3)10-24-14)25-18-12(22)4-5-15(17(18)21)26-32(30,31)28-8-20(2,23)9-28/h4-7,10,25-26H,8-9H2,1-3H3. The summed E-state index contributed by atoms with van der Waals surface area (Å²) in [6, 6.07) is 5.47. The minimum absolute atomic E-state index is 0.0703. The first-order chi connectivity index (χ1) is 14.9. The molecule has 1 aliphatic rings. The van der Waals surface area contributed by atoms with Crippen LogP contribution in [0, 0.1) is 12.7 Å². The first-order valence-electron chi connectivity index (χ1n) is 9.56. The number of benzene rings is 2. The Kier molecular flexibility index (Phi) is 5.38. The molecule has 2 N–H and O–H groups in total. The lowest BCUT2D eigenvalue weighted by Crippen LogP contribution is -2.60. The van der Waals surface area contributed by atoms with Gasteiger partial charge in [0.25, 0.3) is 5.56 Å². The Bertz CT molecular complexity index is 1400. The maximum Gasteiger partial charge on any atom is 0.301 e. The fourth-order valence-electron chi connectivity index (χ4n) is 3.53. The summed E-state index contributed by atoms with van der Waals surface area (Å²) in [5.74, 6) is -0.725. The largest absolute Gasteiger partial charge is 0.352 e. The first-order valence-corrected chi connectivity index (χ1v) is 11.4. The van der Waals surface area contributed by atoms with Gasteiger partial charge in [0.2, 0.25) is 0 Å². The molecule has 1 aromatic heterocycles. The quantitative estimate of drug-likeness (QED) is 0.579. The van der Waals surface area contributed by atoms with Gasteiger partial charge < -0.3 is 9.88 Å². The molecule has 2 aromatic carbocycles. The summed E-state index contributed by atoms with van der Waals surface area (Å²) in [5.41, 5.74) is -0.682. The van der Waals surface area contributed by atoms with Crippen LogP contribution in [0.15, 0.2) is 35.4 Å². The Morgan fingerprint density at radius 2 is 1.84 bits per heavy atom. The van der Waals surface area contributed by atoms with Crippen molar-refractivity contribution in [3.63, 3.8) is 0 Å². The van der Waals surface area contributed by atoms with Crippen LogP contribution in [0.5, 0.6) is 0 Å². The molecule has 32 heavy (non-hydrogen) atoms. The van der Waals surface area contributed by atoms with E-state index in [4.69, 9.17) is 11.6 Å². The predicted octanol–water partition coefficient (Wildman–Crippen LogP) is 3.48. The highest BCUT2D eigenvalue weighted by molar-refractivity contribution is 7.90. The summed E-state index contributed by atoms with van der Waals surface area (Å²) in [7, 11) is -2.49. The Hall–Kier alpha value is -2.76. The van der Waals surface area contributed by atoms with Crippen molar-refractivity contribution in [1.82, 2.24) is 13.9 Å². The van der Waals surface area contributed by atoms with Crippen molar-refractivity contribution in [2.45, 2.75) is 19.5 Å². The Balaban J connectivity index is 1.69. The van der Waals surface area contributed by atoms with Crippen molar-refractivity contribution >= 4 is 49.8 Å². The second-order valence-electron chi connectivity index (χ2n) is 7.99. The third-order valence-corrected chi connectivity index (χ3v) is 7.10. The molecule has 2 heterocycles. The van der Waals surface area contributed by atoms with Crippen LogP contribution in [0.2, 0.25) is 5.02 Å². The number of alkyl halides is 1. The molecule has 1 fully saturated rings. The Labute approximate surface area is 188 Å². The molecule has 0 amide bonds. The van der Waals surface area contributed by atoms with Crippen molar-refractivity contribution in [1.29, 1.82) is 0 Å². The third-order valence-electron chi connectivity index (χ3n) is 5.29. The number of fused-ring (bicyclic) bond motifs is 1. The summed E-state index contributed by atoms with van der Waals surface area (Å²) in [6.45, 7) is 2.42. The van der Waals surface area contributed by atoms with Gasteiger partial charge >= 0.3 is 10.2 Å². The monoisotopic (exact) mass is 483 g/mol. The number of rotatable bonds is 5. The van der Waals surface area contributed by atoms with Crippen molar-refractivity contribution < 1.29 is 17.2 Å². The van der Waals surface area contributed by atoms with Gasteiger partial charge in [-0.15, -0.1) is 0 Å². The summed E-state index contributed by atoms with van der Waals surface area (Å²) in [5, 5.41) is 3.00. The fraction of sp³-hybridized carbons (Fsp3) is 0.300. The highest BCUT2D eigenvalue weighted by Gasteiger charge is 2.45. The van der Waals surface area contributed by atoms with Crippen LogP contribution in [0.25, 0.3) is 10.9 Å². The van der Waals surface area contributed by atoms with Crippen molar-refractivity contribution in [2.75, 3.05) is 23.1 Å². The Morgan fingerprint density at radius 1 is 1.19 bits per heavy atom. The molecule has 3 aromatic rings. The number of aryl methyl sites for hydroxylation is 2. The highest BCUT2D eigenvalue weighted by Crippen LogP contribution is 2.37. The lowest BCUT2D eigenvalue weighted by Gasteiger charge is -2.40. The number of nitrogens with one attached hydrogen (secondary N) is 2. The van der Waals surface area contributed by atoms with E-state index in [9.17, 15) is 22.0 Å². The van der Waals surface area contributed by atoms with Gasteiger partial charge in [-0.2, -0.15) is 12.7 Å². The van der Waals surface area contributed by atoms with E-state index < -0.39 is 21.7 Å². The zero-order valence-corrected chi connectivity index (χ0v) is 19.0. The molecule has 0 bridgehead atoms. The lowest BCUT2D eigenvalue weighted by atomic mass is 10.0. The van der Waals surface area contributed by atoms with Crippen LogP contribution in [0.1, 0.15) is 12.5 Å². The minimum atomic E-state index is -4.06. The molecule has 12 heteroatoms. The molecular weight excluding hydrogens is 464 g/mol. The van der Waals surface area contributed by atoms with E-state index in [2.05, 4.69) is 15.0 Å². The molecule has 0 aliphatic carbocycles. The fourth-order valence-corrected chi connectivity index (χ4v) is 5.29. The normalized spacial score (nSPS) is 16.1. The van der Waals surface area contributed by atoms with Crippen LogP contribution in [0.3, 0.4) is 0 Å². The van der Waals surface area contributed by atoms with Crippen molar-refractivity contribution in [2.24, 2.45) is 7.05 Å². The SMILES string of the molecule is Cc1c(Nc2c(F)ccc(NS(=O)(=O)N3CC(C)(F)C3)c2Cl)ccc2ncn(C)c(=O)c12. The number of halogens is 3. The van der Waals surface area contributed by atoms with Gasteiger partial charge in [0.15, 0.2) is 0 Å². The van der Waals surface area contributed by atoms with E-state index in [1.807, 2.05) is 0 Å². The average molecular weight is 484 g/mol. The lowest BCUT2D eigenvalue weighted by molar-refractivity contribution is 0.0402. The van der Waals surface area contributed by atoms with Crippen molar-refractivity contribution in [3.05, 3.63) is 57.3 Å². The second-order valence-corrected chi connectivity index (χ2v) is 10.0. The van der Waals surface area contributed by atoms with E-state index in [1.54, 1.807) is 26.1 Å². The van der Waals surface area contributed by atoms with Gasteiger partial charge in [-0.25, -0.2) is 13.8 Å². The van der Waals surface area contributed by atoms with Gasteiger partial charge in [0.1, 0.15) is 11.5 Å². The zero-order chi connectivity index (χ0) is 23.4. The molecule has 0 spiro atoms. The van der Waals surface area contributed by atoms with Crippen LogP contribution in [0.4, 0.5) is 25.8 Å². The van der Waals surface area contributed by atoms with Gasteiger partial charge in [0.05, 0.1) is 46.7 Å². The summed E-state index contributed by atoms with van der Waals surface area (Å²) >= 11 is 6.32. The number of hydrogen-bond acceptors (Lipinski definition) is 5. The zero-order valence-electron chi connectivity index (χ0n) is 17.4. The Morgan fingerprint density at radius 3 is 2.50 bits per heavy atom.